The average Bonchev–Trinajstić information content (AvgIpc) is 2.46. The lowest BCUT2D eigenvalue weighted by atomic mass is 9.85. The lowest BCUT2D eigenvalue weighted by Gasteiger charge is -2.40. The van der Waals surface area contributed by atoms with Crippen molar-refractivity contribution in [2.24, 2.45) is 17.8 Å². The van der Waals surface area contributed by atoms with Crippen molar-refractivity contribution in [2.45, 2.75) is 58.3 Å². The lowest BCUT2D eigenvalue weighted by Crippen LogP contribution is -2.48. The maximum absolute atomic E-state index is 9.19. The molecule has 5 atom stereocenters. The molecule has 1 aliphatic carbocycles. The Hall–Kier alpha value is -0.120. The van der Waals surface area contributed by atoms with Gasteiger partial charge in [0, 0.05) is 0 Å². The van der Waals surface area contributed by atoms with Gasteiger partial charge < -0.3 is 14.6 Å². The third kappa shape index (κ3) is 3.01. The minimum atomic E-state index is -0.116. The smallest absolute Gasteiger partial charge is 0.104 e. The van der Waals surface area contributed by atoms with Crippen LogP contribution < -0.4 is 0 Å². The molecule has 17 heavy (non-hydrogen) atoms. The van der Waals surface area contributed by atoms with Crippen LogP contribution in [0.2, 0.25) is 0 Å². The summed E-state index contributed by atoms with van der Waals surface area (Å²) in [4.78, 5) is 0. The first kappa shape index (κ1) is 13.3. The molecule has 0 bridgehead atoms. The van der Waals surface area contributed by atoms with Crippen molar-refractivity contribution in [3.8, 4) is 0 Å². The van der Waals surface area contributed by atoms with Crippen molar-refractivity contribution in [1.29, 1.82) is 0 Å². The predicted octanol–water partition coefficient (Wildman–Crippen LogP) is 2.22. The number of ether oxygens (including phenoxy) is 2. The van der Waals surface area contributed by atoms with Crippen molar-refractivity contribution < 1.29 is 14.6 Å². The summed E-state index contributed by atoms with van der Waals surface area (Å²) in [6, 6.07) is 0. The number of rotatable bonds is 2. The predicted molar refractivity (Wildman–Crippen MR) is 66.8 cm³/mol. The molecule has 1 heterocycles. The van der Waals surface area contributed by atoms with Crippen molar-refractivity contribution in [3.63, 3.8) is 0 Å². The van der Waals surface area contributed by atoms with Gasteiger partial charge in [0.1, 0.15) is 6.10 Å². The van der Waals surface area contributed by atoms with Crippen molar-refractivity contribution in [2.75, 3.05) is 13.2 Å². The van der Waals surface area contributed by atoms with Crippen LogP contribution >= 0.6 is 0 Å². The summed E-state index contributed by atoms with van der Waals surface area (Å²) in [7, 11) is 0. The molecule has 1 saturated carbocycles. The molecule has 100 valence electrons. The molecule has 0 aromatic carbocycles. The molecule has 2 rings (SSSR count). The van der Waals surface area contributed by atoms with Gasteiger partial charge in [-0.2, -0.15) is 0 Å². The van der Waals surface area contributed by atoms with E-state index in [0.29, 0.717) is 24.4 Å². The third-order valence-corrected chi connectivity index (χ3v) is 4.32. The van der Waals surface area contributed by atoms with E-state index < -0.39 is 0 Å². The molecule has 3 nitrogen and oxygen atoms in total. The Bertz CT molecular complexity index is 242. The van der Waals surface area contributed by atoms with Gasteiger partial charge in [-0.25, -0.2) is 0 Å². The van der Waals surface area contributed by atoms with E-state index in [1.807, 2.05) is 0 Å². The summed E-state index contributed by atoms with van der Waals surface area (Å²) in [5, 5.41) is 9.19. The Kier molecular flexibility index (Phi) is 4.45. The van der Waals surface area contributed by atoms with Crippen LogP contribution in [-0.2, 0) is 9.47 Å². The van der Waals surface area contributed by atoms with Crippen LogP contribution in [0.25, 0.3) is 0 Å². The standard InChI is InChI=1S/C14H26O3/c1-9(2)12-5-4-10(3)6-13-14(12)16-8-11(7-15)17-13/h9-15H,4-8H2,1-3H3/t10?,11?,12?,13-,14?/m0/s1. The molecule has 1 N–H and O–H groups in total. The first-order valence-electron chi connectivity index (χ1n) is 6.99. The van der Waals surface area contributed by atoms with E-state index in [0.717, 1.165) is 6.42 Å². The van der Waals surface area contributed by atoms with Gasteiger partial charge in [-0.05, 0) is 30.6 Å². The minimum absolute atomic E-state index is 0.0734. The number of hydrogen-bond donors (Lipinski definition) is 1. The van der Waals surface area contributed by atoms with Crippen molar-refractivity contribution in [1.82, 2.24) is 0 Å². The maximum Gasteiger partial charge on any atom is 0.104 e. The second-order valence-corrected chi connectivity index (χ2v) is 6.10. The molecule has 0 aromatic heterocycles. The van der Waals surface area contributed by atoms with E-state index in [2.05, 4.69) is 20.8 Å². The number of fused-ring (bicyclic) bond motifs is 1. The molecule has 0 aromatic rings. The van der Waals surface area contributed by atoms with Crippen LogP contribution in [0.1, 0.15) is 40.0 Å². The highest BCUT2D eigenvalue weighted by molar-refractivity contribution is 4.89. The summed E-state index contributed by atoms with van der Waals surface area (Å²) >= 11 is 0. The summed E-state index contributed by atoms with van der Waals surface area (Å²) in [5.41, 5.74) is 0. The fourth-order valence-electron chi connectivity index (χ4n) is 3.24. The Balaban J connectivity index is 2.09. The van der Waals surface area contributed by atoms with Crippen LogP contribution in [0.4, 0.5) is 0 Å². The Labute approximate surface area is 104 Å². The van der Waals surface area contributed by atoms with Gasteiger partial charge in [0.05, 0.1) is 25.4 Å². The number of aliphatic hydroxyl groups is 1. The lowest BCUT2D eigenvalue weighted by molar-refractivity contribution is -0.208. The largest absolute Gasteiger partial charge is 0.394 e. The molecule has 3 heteroatoms. The van der Waals surface area contributed by atoms with Crippen molar-refractivity contribution >= 4 is 0 Å². The quantitative estimate of drug-likeness (QED) is 0.807. The fraction of sp³-hybridized carbons (Fsp3) is 1.00. The van der Waals surface area contributed by atoms with E-state index in [9.17, 15) is 5.11 Å². The Morgan fingerprint density at radius 1 is 1.29 bits per heavy atom. The summed E-state index contributed by atoms with van der Waals surface area (Å²) in [6.45, 7) is 7.48. The van der Waals surface area contributed by atoms with Crippen LogP contribution in [-0.4, -0.2) is 36.6 Å². The molecule has 0 radical (unpaired) electrons. The van der Waals surface area contributed by atoms with Gasteiger partial charge in [-0.1, -0.05) is 27.2 Å². The van der Waals surface area contributed by atoms with Crippen LogP contribution in [0, 0.1) is 17.8 Å². The van der Waals surface area contributed by atoms with Gasteiger partial charge in [-0.3, -0.25) is 0 Å². The van der Waals surface area contributed by atoms with Gasteiger partial charge >= 0.3 is 0 Å². The molecule has 1 aliphatic heterocycles. The van der Waals surface area contributed by atoms with Gasteiger partial charge in [0.2, 0.25) is 0 Å². The Morgan fingerprint density at radius 3 is 2.71 bits per heavy atom. The molecule has 0 amide bonds. The van der Waals surface area contributed by atoms with E-state index >= 15 is 0 Å². The normalized spacial score (nSPS) is 43.2. The van der Waals surface area contributed by atoms with Crippen LogP contribution in [0.15, 0.2) is 0 Å². The Morgan fingerprint density at radius 2 is 2.06 bits per heavy atom. The molecular weight excluding hydrogens is 216 g/mol. The highest BCUT2D eigenvalue weighted by Gasteiger charge is 2.40. The average molecular weight is 242 g/mol. The summed E-state index contributed by atoms with van der Waals surface area (Å²) in [5.74, 6) is 1.94. The monoisotopic (exact) mass is 242 g/mol. The molecular formula is C14H26O3. The van der Waals surface area contributed by atoms with E-state index in [1.165, 1.54) is 12.8 Å². The summed E-state index contributed by atoms with van der Waals surface area (Å²) in [6.07, 6.45) is 3.90. The molecule has 2 aliphatic rings. The van der Waals surface area contributed by atoms with Crippen molar-refractivity contribution in [3.05, 3.63) is 0 Å². The molecule has 1 saturated heterocycles. The van der Waals surface area contributed by atoms with E-state index in [1.54, 1.807) is 0 Å². The van der Waals surface area contributed by atoms with Gasteiger partial charge in [-0.15, -0.1) is 0 Å². The first-order valence-corrected chi connectivity index (χ1v) is 6.99. The summed E-state index contributed by atoms with van der Waals surface area (Å²) < 4.78 is 12.0. The number of hydrogen-bond acceptors (Lipinski definition) is 3. The first-order chi connectivity index (χ1) is 8.11. The molecule has 0 spiro atoms. The third-order valence-electron chi connectivity index (χ3n) is 4.32. The fourth-order valence-corrected chi connectivity index (χ4v) is 3.24. The highest BCUT2D eigenvalue weighted by atomic mass is 16.6. The van der Waals surface area contributed by atoms with Crippen LogP contribution in [0.3, 0.4) is 0 Å². The molecule has 4 unspecified atom stereocenters. The van der Waals surface area contributed by atoms with E-state index in [4.69, 9.17) is 9.47 Å². The highest BCUT2D eigenvalue weighted by Crippen LogP contribution is 2.37. The van der Waals surface area contributed by atoms with E-state index in [-0.39, 0.29) is 24.9 Å². The second kappa shape index (κ2) is 5.68. The zero-order valence-corrected chi connectivity index (χ0v) is 11.3. The zero-order valence-electron chi connectivity index (χ0n) is 11.3. The zero-order chi connectivity index (χ0) is 12.4. The van der Waals surface area contributed by atoms with Gasteiger partial charge in [0.15, 0.2) is 0 Å². The maximum atomic E-state index is 9.19. The topological polar surface area (TPSA) is 38.7 Å². The minimum Gasteiger partial charge on any atom is -0.394 e. The second-order valence-electron chi connectivity index (χ2n) is 6.10. The SMILES string of the molecule is CC1CCC(C(C)C)C2OCC(CO)O[C@H]2C1. The molecule has 2 fully saturated rings. The van der Waals surface area contributed by atoms with Gasteiger partial charge in [0.25, 0.3) is 0 Å². The van der Waals surface area contributed by atoms with Crippen LogP contribution in [0.5, 0.6) is 0 Å². The number of aliphatic hydroxyl groups excluding tert-OH is 1.